The van der Waals surface area contributed by atoms with Gasteiger partial charge in [0.05, 0.1) is 7.11 Å². The molecule has 1 unspecified atom stereocenters. The minimum atomic E-state index is 0.407. The fourth-order valence-corrected chi connectivity index (χ4v) is 2.85. The van der Waals surface area contributed by atoms with Crippen molar-refractivity contribution in [2.24, 2.45) is 0 Å². The summed E-state index contributed by atoms with van der Waals surface area (Å²) in [5, 5.41) is 3.37. The standard InChI is InChI=1S/C19H25NO/c1-6-18(20-4)16-9-7-8-15(12-16)17-10-14(3)19(21-5)11-13(17)2/h7-12,18,20H,6H2,1-5H3. The lowest BCUT2D eigenvalue weighted by molar-refractivity contribution is 0.411. The first kappa shape index (κ1) is 15.6. The average Bonchev–Trinajstić information content (AvgIpc) is 2.50. The zero-order chi connectivity index (χ0) is 15.4. The van der Waals surface area contributed by atoms with Crippen molar-refractivity contribution >= 4 is 0 Å². The molecule has 2 nitrogen and oxygen atoms in total. The Kier molecular flexibility index (Phi) is 5.03. The van der Waals surface area contributed by atoms with Crippen molar-refractivity contribution in [3.63, 3.8) is 0 Å². The molecule has 0 spiro atoms. The van der Waals surface area contributed by atoms with Gasteiger partial charge in [0.1, 0.15) is 5.75 Å². The second-order valence-electron chi connectivity index (χ2n) is 5.51. The van der Waals surface area contributed by atoms with E-state index >= 15 is 0 Å². The van der Waals surface area contributed by atoms with Gasteiger partial charge in [-0.25, -0.2) is 0 Å². The molecule has 1 N–H and O–H groups in total. The first-order valence-corrected chi connectivity index (χ1v) is 7.53. The molecule has 112 valence electrons. The van der Waals surface area contributed by atoms with Gasteiger partial charge in [-0.1, -0.05) is 25.1 Å². The number of hydrogen-bond acceptors (Lipinski definition) is 2. The summed E-state index contributed by atoms with van der Waals surface area (Å²) in [6.07, 6.45) is 1.08. The van der Waals surface area contributed by atoms with Crippen LogP contribution in [0.3, 0.4) is 0 Å². The third kappa shape index (κ3) is 3.27. The molecule has 0 aliphatic heterocycles. The van der Waals surface area contributed by atoms with E-state index in [0.29, 0.717) is 6.04 Å². The summed E-state index contributed by atoms with van der Waals surface area (Å²) in [6.45, 7) is 6.43. The van der Waals surface area contributed by atoms with Crippen molar-refractivity contribution in [3.8, 4) is 16.9 Å². The van der Waals surface area contributed by atoms with Crippen molar-refractivity contribution in [2.75, 3.05) is 14.2 Å². The van der Waals surface area contributed by atoms with Crippen molar-refractivity contribution in [3.05, 3.63) is 53.1 Å². The van der Waals surface area contributed by atoms with Gasteiger partial charge in [0, 0.05) is 6.04 Å². The fourth-order valence-electron chi connectivity index (χ4n) is 2.85. The largest absolute Gasteiger partial charge is 0.496 e. The molecule has 2 aromatic carbocycles. The van der Waals surface area contributed by atoms with E-state index < -0.39 is 0 Å². The van der Waals surface area contributed by atoms with Gasteiger partial charge < -0.3 is 10.1 Å². The second-order valence-corrected chi connectivity index (χ2v) is 5.51. The minimum absolute atomic E-state index is 0.407. The summed E-state index contributed by atoms with van der Waals surface area (Å²) in [6, 6.07) is 13.5. The summed E-state index contributed by atoms with van der Waals surface area (Å²) >= 11 is 0. The Hall–Kier alpha value is -1.80. The second kappa shape index (κ2) is 6.77. The molecule has 0 aliphatic carbocycles. The molecule has 0 heterocycles. The SMILES string of the molecule is CCC(NC)c1cccc(-c2cc(C)c(OC)cc2C)c1. The third-order valence-electron chi connectivity index (χ3n) is 4.10. The molecule has 2 aromatic rings. The molecule has 0 bridgehead atoms. The van der Waals surface area contributed by atoms with Gasteiger partial charge in [-0.3, -0.25) is 0 Å². The zero-order valence-electron chi connectivity index (χ0n) is 13.7. The molecule has 0 saturated heterocycles. The van der Waals surface area contributed by atoms with Gasteiger partial charge in [-0.2, -0.15) is 0 Å². The van der Waals surface area contributed by atoms with E-state index in [9.17, 15) is 0 Å². The molecule has 1 atom stereocenters. The molecule has 0 aliphatic rings. The Morgan fingerprint density at radius 2 is 1.86 bits per heavy atom. The van der Waals surface area contributed by atoms with Gasteiger partial charge in [-0.05, 0) is 73.3 Å². The molecular weight excluding hydrogens is 258 g/mol. The summed E-state index contributed by atoms with van der Waals surface area (Å²) in [5.41, 5.74) is 6.30. The van der Waals surface area contributed by atoms with E-state index in [2.05, 4.69) is 62.5 Å². The smallest absolute Gasteiger partial charge is 0.122 e. The average molecular weight is 283 g/mol. The van der Waals surface area contributed by atoms with Crippen molar-refractivity contribution < 1.29 is 4.74 Å². The maximum Gasteiger partial charge on any atom is 0.122 e. The highest BCUT2D eigenvalue weighted by atomic mass is 16.5. The number of methoxy groups -OCH3 is 1. The number of benzene rings is 2. The van der Waals surface area contributed by atoms with Crippen LogP contribution in [0, 0.1) is 13.8 Å². The molecule has 0 radical (unpaired) electrons. The maximum absolute atomic E-state index is 5.40. The fraction of sp³-hybridized carbons (Fsp3) is 0.368. The quantitative estimate of drug-likeness (QED) is 0.862. The zero-order valence-corrected chi connectivity index (χ0v) is 13.7. The number of aryl methyl sites for hydroxylation is 2. The van der Waals surface area contributed by atoms with Crippen LogP contribution < -0.4 is 10.1 Å². The summed E-state index contributed by atoms with van der Waals surface area (Å²) in [4.78, 5) is 0. The summed E-state index contributed by atoms with van der Waals surface area (Å²) in [7, 11) is 3.74. The lowest BCUT2D eigenvalue weighted by Crippen LogP contribution is -2.15. The molecule has 0 aromatic heterocycles. The first-order chi connectivity index (χ1) is 10.1. The Balaban J connectivity index is 2.47. The van der Waals surface area contributed by atoms with E-state index in [0.717, 1.165) is 12.2 Å². The van der Waals surface area contributed by atoms with Gasteiger partial charge in [-0.15, -0.1) is 0 Å². The summed E-state index contributed by atoms with van der Waals surface area (Å²) < 4.78 is 5.40. The number of rotatable bonds is 5. The van der Waals surface area contributed by atoms with Crippen LogP contribution in [-0.4, -0.2) is 14.2 Å². The topological polar surface area (TPSA) is 21.3 Å². The highest BCUT2D eigenvalue weighted by Crippen LogP contribution is 2.31. The Morgan fingerprint density at radius 1 is 1.10 bits per heavy atom. The predicted octanol–water partition coefficient (Wildman–Crippen LogP) is 4.65. The van der Waals surface area contributed by atoms with Crippen molar-refractivity contribution in [1.82, 2.24) is 5.32 Å². The van der Waals surface area contributed by atoms with E-state index in [4.69, 9.17) is 4.74 Å². The van der Waals surface area contributed by atoms with E-state index in [-0.39, 0.29) is 0 Å². The molecule has 0 amide bonds. The first-order valence-electron chi connectivity index (χ1n) is 7.53. The van der Waals surface area contributed by atoms with E-state index in [1.54, 1.807) is 7.11 Å². The lowest BCUT2D eigenvalue weighted by atomic mass is 9.94. The minimum Gasteiger partial charge on any atom is -0.496 e. The van der Waals surface area contributed by atoms with Gasteiger partial charge in [0.25, 0.3) is 0 Å². The molecule has 0 saturated carbocycles. The van der Waals surface area contributed by atoms with Crippen LogP contribution in [0.15, 0.2) is 36.4 Å². The monoisotopic (exact) mass is 283 g/mol. The maximum atomic E-state index is 5.40. The lowest BCUT2D eigenvalue weighted by Gasteiger charge is -2.17. The van der Waals surface area contributed by atoms with Crippen molar-refractivity contribution in [1.29, 1.82) is 0 Å². The highest BCUT2D eigenvalue weighted by molar-refractivity contribution is 5.70. The van der Waals surface area contributed by atoms with Crippen LogP contribution >= 0.6 is 0 Å². The number of hydrogen-bond donors (Lipinski definition) is 1. The molecule has 21 heavy (non-hydrogen) atoms. The van der Waals surface area contributed by atoms with Gasteiger partial charge in [0.15, 0.2) is 0 Å². The molecular formula is C19H25NO. The Morgan fingerprint density at radius 3 is 2.48 bits per heavy atom. The normalized spacial score (nSPS) is 12.2. The van der Waals surface area contributed by atoms with E-state index in [1.165, 1.54) is 27.8 Å². The van der Waals surface area contributed by atoms with Crippen LogP contribution in [0.1, 0.15) is 36.1 Å². The number of ether oxygens (including phenoxy) is 1. The van der Waals surface area contributed by atoms with Crippen LogP contribution in [0.2, 0.25) is 0 Å². The Bertz CT molecular complexity index is 615. The van der Waals surface area contributed by atoms with Crippen LogP contribution in [0.25, 0.3) is 11.1 Å². The number of nitrogens with one attached hydrogen (secondary N) is 1. The van der Waals surface area contributed by atoms with Crippen LogP contribution in [0.5, 0.6) is 5.75 Å². The summed E-state index contributed by atoms with van der Waals surface area (Å²) in [5.74, 6) is 0.953. The highest BCUT2D eigenvalue weighted by Gasteiger charge is 2.10. The van der Waals surface area contributed by atoms with E-state index in [1.807, 2.05) is 7.05 Å². The van der Waals surface area contributed by atoms with Gasteiger partial charge >= 0.3 is 0 Å². The van der Waals surface area contributed by atoms with Crippen LogP contribution in [0.4, 0.5) is 0 Å². The predicted molar refractivity (Wildman–Crippen MR) is 90.0 cm³/mol. The van der Waals surface area contributed by atoms with Crippen LogP contribution in [-0.2, 0) is 0 Å². The van der Waals surface area contributed by atoms with Gasteiger partial charge in [0.2, 0.25) is 0 Å². The third-order valence-corrected chi connectivity index (χ3v) is 4.10. The molecule has 2 heteroatoms. The molecule has 2 rings (SSSR count). The molecule has 0 fully saturated rings. The van der Waals surface area contributed by atoms with Crippen molar-refractivity contribution in [2.45, 2.75) is 33.2 Å². The Labute approximate surface area is 128 Å².